The lowest BCUT2D eigenvalue weighted by molar-refractivity contribution is 0.213. The van der Waals surface area contributed by atoms with Gasteiger partial charge in [-0.1, -0.05) is 13.0 Å². The van der Waals surface area contributed by atoms with Crippen LogP contribution < -0.4 is 5.73 Å². The van der Waals surface area contributed by atoms with Gasteiger partial charge in [0.25, 0.3) is 0 Å². The maximum atomic E-state index is 12.7. The van der Waals surface area contributed by atoms with Crippen LogP contribution in [0.3, 0.4) is 0 Å². The van der Waals surface area contributed by atoms with E-state index in [1.807, 2.05) is 6.92 Å². The zero-order chi connectivity index (χ0) is 14.0. The molecule has 1 aromatic rings. The van der Waals surface area contributed by atoms with Gasteiger partial charge in [0, 0.05) is 18.3 Å². The maximum Gasteiger partial charge on any atom is 0.243 e. The molecule has 5 nitrogen and oxygen atoms in total. The molecule has 106 valence electrons. The quantitative estimate of drug-likeness (QED) is 0.807. The highest BCUT2D eigenvalue weighted by Crippen LogP contribution is 2.29. The molecule has 1 heterocycles. The van der Waals surface area contributed by atoms with Crippen molar-refractivity contribution in [1.82, 2.24) is 4.31 Å². The molecule has 0 radical (unpaired) electrons. The third kappa shape index (κ3) is 2.61. The normalized spacial score (nSPS) is 20.8. The average Bonchev–Trinajstić information content (AvgIpc) is 2.87. The smallest absolute Gasteiger partial charge is 0.243 e. The Balaban J connectivity index is 2.47. The van der Waals surface area contributed by atoms with Crippen molar-refractivity contribution in [3.05, 3.63) is 23.8 Å². The van der Waals surface area contributed by atoms with Gasteiger partial charge in [0.05, 0.1) is 11.5 Å². The summed E-state index contributed by atoms with van der Waals surface area (Å²) in [5, 5.41) is 9.30. The minimum atomic E-state index is -3.57. The molecule has 3 N–H and O–H groups in total. The Kier molecular flexibility index (Phi) is 4.13. The van der Waals surface area contributed by atoms with Gasteiger partial charge in [-0.2, -0.15) is 4.31 Å². The molecule has 0 unspecified atom stereocenters. The third-order valence-electron chi connectivity index (χ3n) is 3.59. The van der Waals surface area contributed by atoms with Gasteiger partial charge in [0.1, 0.15) is 0 Å². The number of rotatable bonds is 4. The van der Waals surface area contributed by atoms with Gasteiger partial charge >= 0.3 is 0 Å². The van der Waals surface area contributed by atoms with Crippen molar-refractivity contribution < 1.29 is 13.5 Å². The molecule has 1 aromatic carbocycles. The van der Waals surface area contributed by atoms with Gasteiger partial charge in [-0.05, 0) is 37.0 Å². The highest BCUT2D eigenvalue weighted by molar-refractivity contribution is 7.89. The standard InChI is InChI=1S/C13H20N2O3S/c1-2-10-5-6-11(14)8-13(10)19(17,18)15-7-3-4-12(15)9-16/h5-6,8,12,16H,2-4,7,9,14H2,1H3/t12-/m1/s1. The van der Waals surface area contributed by atoms with Crippen LogP contribution in [0.4, 0.5) is 5.69 Å². The van der Waals surface area contributed by atoms with Gasteiger partial charge in [-0.3, -0.25) is 0 Å². The molecule has 0 saturated carbocycles. The summed E-state index contributed by atoms with van der Waals surface area (Å²) in [4.78, 5) is 0.273. The summed E-state index contributed by atoms with van der Waals surface area (Å²) in [6.07, 6.45) is 2.13. The Bertz CT molecular complexity index is 557. The van der Waals surface area contributed by atoms with E-state index in [0.29, 0.717) is 25.1 Å². The van der Waals surface area contributed by atoms with E-state index in [2.05, 4.69) is 0 Å². The van der Waals surface area contributed by atoms with E-state index in [1.54, 1.807) is 12.1 Å². The lowest BCUT2D eigenvalue weighted by atomic mass is 10.1. The number of benzene rings is 1. The first-order chi connectivity index (χ1) is 9.00. The molecule has 0 spiro atoms. The van der Waals surface area contributed by atoms with Crippen LogP contribution in [0.5, 0.6) is 0 Å². The largest absolute Gasteiger partial charge is 0.399 e. The fourth-order valence-electron chi connectivity index (χ4n) is 2.54. The number of nitrogens with zero attached hydrogens (tertiary/aromatic N) is 1. The van der Waals surface area contributed by atoms with E-state index < -0.39 is 10.0 Å². The van der Waals surface area contributed by atoms with Crippen molar-refractivity contribution in [3.63, 3.8) is 0 Å². The Hall–Kier alpha value is -1.11. The Morgan fingerprint density at radius 2 is 2.21 bits per heavy atom. The zero-order valence-electron chi connectivity index (χ0n) is 11.0. The fourth-order valence-corrected chi connectivity index (χ4v) is 4.55. The molecule has 1 aliphatic rings. The minimum absolute atomic E-state index is 0.136. The fraction of sp³-hybridized carbons (Fsp3) is 0.538. The van der Waals surface area contributed by atoms with Crippen LogP contribution in [0.2, 0.25) is 0 Å². The second kappa shape index (κ2) is 5.48. The highest BCUT2D eigenvalue weighted by atomic mass is 32.2. The molecule has 1 saturated heterocycles. The second-order valence-electron chi connectivity index (χ2n) is 4.82. The summed E-state index contributed by atoms with van der Waals surface area (Å²) in [7, 11) is -3.57. The zero-order valence-corrected chi connectivity index (χ0v) is 11.9. The summed E-state index contributed by atoms with van der Waals surface area (Å²) in [5.41, 5.74) is 6.91. The molecule has 1 aliphatic heterocycles. The molecule has 0 aliphatic carbocycles. The molecule has 0 amide bonds. The molecule has 6 heteroatoms. The second-order valence-corrected chi connectivity index (χ2v) is 6.67. The predicted molar refractivity (Wildman–Crippen MR) is 74.2 cm³/mol. The molecular weight excluding hydrogens is 264 g/mol. The SMILES string of the molecule is CCc1ccc(N)cc1S(=O)(=O)N1CCC[C@@H]1CO. The van der Waals surface area contributed by atoms with Crippen LogP contribution in [0.1, 0.15) is 25.3 Å². The molecule has 0 aromatic heterocycles. The Morgan fingerprint density at radius 3 is 2.84 bits per heavy atom. The van der Waals surface area contributed by atoms with Crippen molar-refractivity contribution in [2.24, 2.45) is 0 Å². The Morgan fingerprint density at radius 1 is 1.47 bits per heavy atom. The summed E-state index contributed by atoms with van der Waals surface area (Å²) >= 11 is 0. The van der Waals surface area contributed by atoms with Gasteiger partial charge < -0.3 is 10.8 Å². The monoisotopic (exact) mass is 284 g/mol. The molecular formula is C13H20N2O3S. The molecule has 1 atom stereocenters. The lowest BCUT2D eigenvalue weighted by Crippen LogP contribution is -2.38. The molecule has 0 bridgehead atoms. The first kappa shape index (κ1) is 14.3. The number of hydrogen-bond acceptors (Lipinski definition) is 4. The van der Waals surface area contributed by atoms with Crippen molar-refractivity contribution in [2.75, 3.05) is 18.9 Å². The van der Waals surface area contributed by atoms with E-state index in [-0.39, 0.29) is 17.5 Å². The molecule has 19 heavy (non-hydrogen) atoms. The predicted octanol–water partition coefficient (Wildman–Crippen LogP) is 0.977. The van der Waals surface area contributed by atoms with Gasteiger partial charge in [-0.15, -0.1) is 0 Å². The maximum absolute atomic E-state index is 12.7. The van der Waals surface area contributed by atoms with E-state index in [4.69, 9.17) is 5.73 Å². The third-order valence-corrected chi connectivity index (χ3v) is 5.63. The first-order valence-corrected chi connectivity index (χ1v) is 7.95. The number of aliphatic hydroxyl groups is 1. The van der Waals surface area contributed by atoms with E-state index in [0.717, 1.165) is 12.0 Å². The van der Waals surface area contributed by atoms with E-state index >= 15 is 0 Å². The van der Waals surface area contributed by atoms with E-state index in [1.165, 1.54) is 10.4 Å². The first-order valence-electron chi connectivity index (χ1n) is 6.51. The van der Waals surface area contributed by atoms with Crippen molar-refractivity contribution in [1.29, 1.82) is 0 Å². The van der Waals surface area contributed by atoms with Crippen LogP contribution in [-0.4, -0.2) is 37.0 Å². The van der Waals surface area contributed by atoms with Crippen LogP contribution in [-0.2, 0) is 16.4 Å². The lowest BCUT2D eigenvalue weighted by Gasteiger charge is -2.23. The average molecular weight is 284 g/mol. The van der Waals surface area contributed by atoms with Gasteiger partial charge in [0.2, 0.25) is 10.0 Å². The number of sulfonamides is 1. The summed E-state index contributed by atoms with van der Waals surface area (Å²) < 4.78 is 26.8. The van der Waals surface area contributed by atoms with Gasteiger partial charge in [0.15, 0.2) is 0 Å². The highest BCUT2D eigenvalue weighted by Gasteiger charge is 2.35. The van der Waals surface area contributed by atoms with Crippen LogP contribution in [0.25, 0.3) is 0 Å². The number of nitrogens with two attached hydrogens (primary N) is 1. The topological polar surface area (TPSA) is 83.6 Å². The van der Waals surface area contributed by atoms with Crippen molar-refractivity contribution in [3.8, 4) is 0 Å². The number of aryl methyl sites for hydroxylation is 1. The van der Waals surface area contributed by atoms with E-state index in [9.17, 15) is 13.5 Å². The number of anilines is 1. The number of hydrogen-bond donors (Lipinski definition) is 2. The van der Waals surface area contributed by atoms with Crippen LogP contribution >= 0.6 is 0 Å². The van der Waals surface area contributed by atoms with Crippen LogP contribution in [0, 0.1) is 0 Å². The summed E-state index contributed by atoms with van der Waals surface area (Å²) in [6.45, 7) is 2.24. The number of aliphatic hydroxyl groups excluding tert-OH is 1. The van der Waals surface area contributed by atoms with Crippen LogP contribution in [0.15, 0.2) is 23.1 Å². The van der Waals surface area contributed by atoms with Crippen molar-refractivity contribution >= 4 is 15.7 Å². The summed E-state index contributed by atoms with van der Waals surface area (Å²) in [6, 6.07) is 4.68. The number of nitrogen functional groups attached to an aromatic ring is 1. The van der Waals surface area contributed by atoms with Gasteiger partial charge in [-0.25, -0.2) is 8.42 Å². The molecule has 2 rings (SSSR count). The molecule has 1 fully saturated rings. The Labute approximate surface area is 114 Å². The minimum Gasteiger partial charge on any atom is -0.399 e. The summed E-state index contributed by atoms with van der Waals surface area (Å²) in [5.74, 6) is 0. The van der Waals surface area contributed by atoms with Crippen molar-refractivity contribution in [2.45, 2.75) is 37.1 Å².